The molecule has 2 aliphatic rings. The average Bonchev–Trinajstić information content (AvgIpc) is 3.06. The molecule has 0 atom stereocenters. The van der Waals surface area contributed by atoms with Crippen molar-refractivity contribution in [3.8, 4) is 6.07 Å². The van der Waals surface area contributed by atoms with Crippen LogP contribution >= 0.6 is 11.8 Å². The number of Topliss-reactive ketones (excluding diaryl/α,β-unsaturated/α-hetero) is 1. The third-order valence-electron chi connectivity index (χ3n) is 5.26. The quantitative estimate of drug-likeness (QED) is 0.614. The number of aromatic amines is 1. The fourth-order valence-electron chi connectivity index (χ4n) is 3.69. The van der Waals surface area contributed by atoms with E-state index in [1.807, 2.05) is 54.5 Å². The maximum atomic E-state index is 12.9. The van der Waals surface area contributed by atoms with E-state index >= 15 is 0 Å². The van der Waals surface area contributed by atoms with E-state index in [9.17, 15) is 10.1 Å². The summed E-state index contributed by atoms with van der Waals surface area (Å²) in [5.74, 6) is 1.04. The van der Waals surface area contributed by atoms with E-state index in [4.69, 9.17) is 0 Å². The van der Waals surface area contributed by atoms with Crippen LogP contribution < -0.4 is 19.7 Å². The largest absolute Gasteiger partial charge is 0.337 e. The molecule has 142 valence electrons. The number of H-pyrrole nitrogens is 1. The number of benzene rings is 1. The Labute approximate surface area is 169 Å². The summed E-state index contributed by atoms with van der Waals surface area (Å²) in [5.41, 5.74) is 1.32. The summed E-state index contributed by atoms with van der Waals surface area (Å²) in [6.45, 7) is 3.91. The molecule has 0 bridgehead atoms. The number of rotatable bonds is 4. The number of para-hydroxylation sites is 1. The van der Waals surface area contributed by atoms with Crippen molar-refractivity contribution < 1.29 is 14.7 Å². The number of thioether (sulfide) groups is 1. The Kier molecular flexibility index (Phi) is 5.33. The number of pyridine rings is 1. The first-order valence-corrected chi connectivity index (χ1v) is 10.2. The molecule has 7 heteroatoms. The number of nitrogens with one attached hydrogen (secondary N) is 2. The molecule has 0 aliphatic carbocycles. The van der Waals surface area contributed by atoms with Gasteiger partial charge in [-0.3, -0.25) is 9.69 Å². The van der Waals surface area contributed by atoms with Crippen LogP contribution in [0.1, 0.15) is 0 Å². The van der Waals surface area contributed by atoms with Crippen LogP contribution in [0, 0.1) is 11.3 Å². The fourth-order valence-corrected chi connectivity index (χ4v) is 4.85. The van der Waals surface area contributed by atoms with Gasteiger partial charge in [-0.15, -0.1) is 0 Å². The highest BCUT2D eigenvalue weighted by molar-refractivity contribution is 8.03. The van der Waals surface area contributed by atoms with Crippen LogP contribution in [0.4, 0.5) is 11.5 Å². The van der Waals surface area contributed by atoms with Gasteiger partial charge in [-0.05, 0) is 18.2 Å². The molecule has 1 aromatic heterocycles. The number of nitrogens with zero attached hydrogens (tertiary/aromatic N) is 3. The lowest BCUT2D eigenvalue weighted by molar-refractivity contribution is -0.892. The van der Waals surface area contributed by atoms with Gasteiger partial charge in [0.1, 0.15) is 49.4 Å². The monoisotopic (exact) mass is 393 g/mol. The highest BCUT2D eigenvalue weighted by Gasteiger charge is 2.32. The maximum absolute atomic E-state index is 12.9. The summed E-state index contributed by atoms with van der Waals surface area (Å²) in [5, 5.41) is 10.4. The Morgan fingerprint density at radius 1 is 1.21 bits per heavy atom. The van der Waals surface area contributed by atoms with Crippen molar-refractivity contribution in [3.05, 3.63) is 59.3 Å². The first kappa shape index (κ1) is 18.5. The number of hydrogen-bond donors (Lipinski definition) is 1. The fraction of sp³-hybridized carbons (Fsp3) is 0.286. The number of nitriles is 1. The molecule has 2 aliphatic heterocycles. The first-order chi connectivity index (χ1) is 13.7. The third kappa shape index (κ3) is 3.61. The Morgan fingerprint density at radius 2 is 1.96 bits per heavy atom. The van der Waals surface area contributed by atoms with Crippen LogP contribution in [0.5, 0.6) is 0 Å². The van der Waals surface area contributed by atoms with E-state index in [-0.39, 0.29) is 11.4 Å². The predicted molar refractivity (Wildman–Crippen MR) is 109 cm³/mol. The summed E-state index contributed by atoms with van der Waals surface area (Å²) >= 11 is 1.51. The van der Waals surface area contributed by atoms with Gasteiger partial charge in [-0.1, -0.05) is 30.0 Å². The number of carbonyl (C=O) groups excluding carboxylic acids is 1. The zero-order valence-electron chi connectivity index (χ0n) is 15.8. The molecular weight excluding hydrogens is 370 g/mol. The number of piperazine rings is 1. The summed E-state index contributed by atoms with van der Waals surface area (Å²) in [4.78, 5) is 22.7. The van der Waals surface area contributed by atoms with Crippen molar-refractivity contribution >= 4 is 29.1 Å². The van der Waals surface area contributed by atoms with Crippen molar-refractivity contribution in [2.45, 2.75) is 4.90 Å². The van der Waals surface area contributed by atoms with E-state index < -0.39 is 0 Å². The van der Waals surface area contributed by atoms with Crippen molar-refractivity contribution in [1.29, 1.82) is 5.26 Å². The topological polar surface area (TPSA) is 65.9 Å². The number of carbonyl (C=O) groups is 1. The molecule has 0 radical (unpaired) electrons. The Hall–Kier alpha value is -2.82. The Balaban J connectivity index is 1.42. The molecule has 0 amide bonds. The second kappa shape index (κ2) is 8.05. The van der Waals surface area contributed by atoms with Gasteiger partial charge in [0.05, 0.1) is 11.9 Å². The number of ketones is 1. The van der Waals surface area contributed by atoms with Crippen molar-refractivity contribution in [3.63, 3.8) is 0 Å². The zero-order chi connectivity index (χ0) is 19.5. The molecule has 2 N–H and O–H groups in total. The number of fused-ring (bicyclic) bond motifs is 1. The van der Waals surface area contributed by atoms with Gasteiger partial charge in [-0.2, -0.15) is 5.26 Å². The molecule has 4 rings (SSSR count). The molecule has 28 heavy (non-hydrogen) atoms. The molecule has 6 nitrogen and oxygen atoms in total. The Bertz CT molecular complexity index is 945. The molecule has 0 saturated carbocycles. The normalized spacial score (nSPS) is 18.6. The van der Waals surface area contributed by atoms with Gasteiger partial charge < -0.3 is 9.80 Å². The third-order valence-corrected chi connectivity index (χ3v) is 6.49. The van der Waals surface area contributed by atoms with Crippen LogP contribution in [-0.2, 0) is 4.79 Å². The van der Waals surface area contributed by atoms with Gasteiger partial charge >= 0.3 is 0 Å². The van der Waals surface area contributed by atoms with Gasteiger partial charge in [0.2, 0.25) is 5.78 Å². The minimum absolute atomic E-state index is 0.0700. The number of quaternary nitrogens is 1. The lowest BCUT2D eigenvalue weighted by atomic mass is 10.1. The number of aromatic nitrogens is 1. The molecule has 0 spiro atoms. The minimum Gasteiger partial charge on any atom is -0.337 e. The van der Waals surface area contributed by atoms with Gasteiger partial charge in [0, 0.05) is 18.0 Å². The standard InChI is InChI=1S/C21H21N5OS/c1-24-17-6-2-3-7-19(17)28-21(24)16(14-22)18(27)15-25-10-12-26(13-11-25)20-8-4-5-9-23-20/h2-9H,10-13,15H2,1H3/p+2/b21-16-. The van der Waals surface area contributed by atoms with Crippen molar-refractivity contribution in [1.82, 2.24) is 0 Å². The second-order valence-electron chi connectivity index (χ2n) is 7.01. The second-order valence-corrected chi connectivity index (χ2v) is 8.04. The van der Waals surface area contributed by atoms with E-state index in [1.54, 1.807) is 0 Å². The molecule has 1 aromatic carbocycles. The highest BCUT2D eigenvalue weighted by atomic mass is 32.2. The summed E-state index contributed by atoms with van der Waals surface area (Å²) in [6, 6.07) is 16.2. The van der Waals surface area contributed by atoms with Crippen LogP contribution in [0.15, 0.2) is 64.2 Å². The first-order valence-electron chi connectivity index (χ1n) is 9.41. The van der Waals surface area contributed by atoms with E-state index in [0.717, 1.165) is 47.6 Å². The van der Waals surface area contributed by atoms with Crippen molar-refractivity contribution in [2.24, 2.45) is 0 Å². The van der Waals surface area contributed by atoms with Crippen molar-refractivity contribution in [2.75, 3.05) is 49.6 Å². The summed E-state index contributed by atoms with van der Waals surface area (Å²) < 4.78 is 0. The Morgan fingerprint density at radius 3 is 2.64 bits per heavy atom. The maximum Gasteiger partial charge on any atom is 0.274 e. The minimum atomic E-state index is -0.0700. The smallest absolute Gasteiger partial charge is 0.274 e. The molecule has 2 aromatic rings. The zero-order valence-corrected chi connectivity index (χ0v) is 16.6. The lowest BCUT2D eigenvalue weighted by Gasteiger charge is -2.27. The molecule has 3 heterocycles. The molecule has 1 fully saturated rings. The van der Waals surface area contributed by atoms with Crippen LogP contribution in [0.3, 0.4) is 0 Å². The lowest BCUT2D eigenvalue weighted by Crippen LogP contribution is -3.15. The van der Waals surface area contributed by atoms with Gasteiger partial charge in [0.25, 0.3) is 5.82 Å². The summed E-state index contributed by atoms with van der Waals surface area (Å²) in [7, 11) is 1.92. The SMILES string of the molecule is CN1/C(=C(\C#N)C(=O)C[NH+]2CCN(c3cccc[nH+]3)CC2)Sc2ccccc21. The number of hydrogen-bond acceptors (Lipinski definition) is 5. The van der Waals surface area contributed by atoms with E-state index in [1.165, 1.54) is 16.7 Å². The summed E-state index contributed by atoms with van der Waals surface area (Å²) in [6.07, 6.45) is 1.93. The van der Waals surface area contributed by atoms with Crippen LogP contribution in [-0.4, -0.2) is 45.6 Å². The average molecular weight is 394 g/mol. The highest BCUT2D eigenvalue weighted by Crippen LogP contribution is 2.45. The molecule has 0 unspecified atom stereocenters. The van der Waals surface area contributed by atoms with E-state index in [0.29, 0.717) is 6.54 Å². The molecule has 1 saturated heterocycles. The van der Waals surface area contributed by atoms with Gasteiger partial charge in [0.15, 0.2) is 0 Å². The van der Waals surface area contributed by atoms with Crippen LogP contribution in [0.25, 0.3) is 0 Å². The predicted octanol–water partition coefficient (Wildman–Crippen LogP) is 0.752. The van der Waals surface area contributed by atoms with E-state index in [2.05, 4.69) is 22.0 Å². The molecular formula is C21H23N5OS+2. The van der Waals surface area contributed by atoms with Gasteiger partial charge in [-0.25, -0.2) is 4.98 Å². The van der Waals surface area contributed by atoms with Crippen LogP contribution in [0.2, 0.25) is 0 Å². The number of anilines is 2.